The molecule has 1 fully saturated rings. The Bertz CT molecular complexity index is 444. The van der Waals surface area contributed by atoms with E-state index in [1.54, 1.807) is 12.1 Å². The van der Waals surface area contributed by atoms with Crippen LogP contribution in [0.4, 0.5) is 4.39 Å². The van der Waals surface area contributed by atoms with E-state index < -0.39 is 0 Å². The highest BCUT2D eigenvalue weighted by Crippen LogP contribution is 2.13. The highest BCUT2D eigenvalue weighted by molar-refractivity contribution is 5.78. The Labute approximate surface area is 125 Å². The maximum Gasteiger partial charge on any atom is 0.234 e. The molecule has 1 aromatic rings. The van der Waals surface area contributed by atoms with Crippen molar-refractivity contribution in [2.75, 3.05) is 32.8 Å². The van der Waals surface area contributed by atoms with Gasteiger partial charge in [-0.1, -0.05) is 19.1 Å². The van der Waals surface area contributed by atoms with E-state index in [2.05, 4.69) is 17.1 Å². The molecule has 0 radical (unpaired) electrons. The van der Waals surface area contributed by atoms with Crippen LogP contribution < -0.4 is 5.32 Å². The van der Waals surface area contributed by atoms with Crippen molar-refractivity contribution >= 4 is 5.91 Å². The summed E-state index contributed by atoms with van der Waals surface area (Å²) in [5.41, 5.74) is 0.900. The first kappa shape index (κ1) is 15.9. The number of carbonyl (C=O) groups is 1. The van der Waals surface area contributed by atoms with Gasteiger partial charge in [0.2, 0.25) is 5.91 Å². The predicted octanol–water partition coefficient (Wildman–Crippen LogP) is 1.80. The summed E-state index contributed by atoms with van der Waals surface area (Å²) in [7, 11) is 0. The van der Waals surface area contributed by atoms with Crippen molar-refractivity contribution < 1.29 is 13.9 Å². The van der Waals surface area contributed by atoms with Gasteiger partial charge in [-0.2, -0.15) is 0 Å². The van der Waals surface area contributed by atoms with Gasteiger partial charge >= 0.3 is 0 Å². The van der Waals surface area contributed by atoms with Gasteiger partial charge in [-0.05, 0) is 36.6 Å². The monoisotopic (exact) mass is 294 g/mol. The number of hydrogen-bond donors (Lipinski definition) is 1. The Hall–Kier alpha value is -1.46. The Morgan fingerprint density at radius 2 is 2.19 bits per heavy atom. The van der Waals surface area contributed by atoms with Crippen LogP contribution in [0.25, 0.3) is 0 Å². The van der Waals surface area contributed by atoms with Crippen molar-refractivity contribution in [3.05, 3.63) is 35.6 Å². The molecule has 1 atom stereocenters. The van der Waals surface area contributed by atoms with Crippen molar-refractivity contribution in [3.63, 3.8) is 0 Å². The van der Waals surface area contributed by atoms with Crippen molar-refractivity contribution in [1.82, 2.24) is 10.2 Å². The average molecular weight is 294 g/mol. The first-order chi connectivity index (χ1) is 10.2. The van der Waals surface area contributed by atoms with Gasteiger partial charge < -0.3 is 10.1 Å². The summed E-state index contributed by atoms with van der Waals surface area (Å²) in [6.45, 7) is 6.27. The summed E-state index contributed by atoms with van der Waals surface area (Å²) in [5, 5.41) is 2.87. The van der Waals surface area contributed by atoms with Gasteiger partial charge in [0.1, 0.15) is 5.82 Å². The maximum absolute atomic E-state index is 12.8. The summed E-state index contributed by atoms with van der Waals surface area (Å²) in [4.78, 5) is 14.1. The lowest BCUT2D eigenvalue weighted by Gasteiger charge is -2.22. The maximum atomic E-state index is 12.8. The molecule has 2 rings (SSSR count). The van der Waals surface area contributed by atoms with Crippen molar-refractivity contribution in [2.24, 2.45) is 5.92 Å². The zero-order valence-corrected chi connectivity index (χ0v) is 12.5. The van der Waals surface area contributed by atoms with Gasteiger partial charge in [-0.25, -0.2) is 4.39 Å². The molecule has 0 aliphatic carbocycles. The lowest BCUT2D eigenvalue weighted by molar-refractivity contribution is -0.122. The number of nitrogens with one attached hydrogen (secondary N) is 1. The van der Waals surface area contributed by atoms with Crippen LogP contribution in [0.2, 0.25) is 0 Å². The quantitative estimate of drug-likeness (QED) is 0.834. The number of likely N-dealkylation sites (N-methyl/N-ethyl adjacent to an activating group) is 1. The van der Waals surface area contributed by atoms with E-state index in [9.17, 15) is 9.18 Å². The van der Waals surface area contributed by atoms with Gasteiger partial charge in [0.15, 0.2) is 0 Å². The number of carbonyl (C=O) groups excluding carboxylic acids is 1. The van der Waals surface area contributed by atoms with Crippen LogP contribution in [-0.2, 0) is 16.1 Å². The molecule has 0 saturated carbocycles. The molecule has 1 heterocycles. The van der Waals surface area contributed by atoms with Crippen LogP contribution in [0, 0.1) is 11.7 Å². The molecule has 5 heteroatoms. The van der Waals surface area contributed by atoms with E-state index >= 15 is 0 Å². The first-order valence-electron chi connectivity index (χ1n) is 7.48. The third-order valence-electron chi connectivity index (χ3n) is 3.76. The van der Waals surface area contributed by atoms with E-state index in [1.165, 1.54) is 12.1 Å². The molecular formula is C16H23FN2O2. The zero-order valence-electron chi connectivity index (χ0n) is 12.5. The Morgan fingerprint density at radius 3 is 2.81 bits per heavy atom. The van der Waals surface area contributed by atoms with Gasteiger partial charge in [0.25, 0.3) is 0 Å². The summed E-state index contributed by atoms with van der Waals surface area (Å²) in [6, 6.07) is 6.17. The highest BCUT2D eigenvalue weighted by Gasteiger charge is 2.19. The lowest BCUT2D eigenvalue weighted by Crippen LogP contribution is -2.39. The topological polar surface area (TPSA) is 41.6 Å². The summed E-state index contributed by atoms with van der Waals surface area (Å²) < 4.78 is 18.2. The number of rotatable bonds is 7. The van der Waals surface area contributed by atoms with E-state index in [0.717, 1.165) is 38.3 Å². The molecule has 0 bridgehead atoms. The molecule has 0 spiro atoms. The zero-order chi connectivity index (χ0) is 15.1. The third kappa shape index (κ3) is 5.44. The molecule has 1 saturated heterocycles. The number of hydrogen-bond acceptors (Lipinski definition) is 3. The van der Waals surface area contributed by atoms with Crippen LogP contribution in [-0.4, -0.2) is 43.7 Å². The molecule has 4 nitrogen and oxygen atoms in total. The molecular weight excluding hydrogens is 271 g/mol. The fourth-order valence-electron chi connectivity index (χ4n) is 2.46. The minimum atomic E-state index is -0.263. The van der Waals surface area contributed by atoms with E-state index in [4.69, 9.17) is 4.74 Å². The summed E-state index contributed by atoms with van der Waals surface area (Å²) in [6.07, 6.45) is 1.08. The van der Waals surface area contributed by atoms with Crippen LogP contribution in [0.15, 0.2) is 24.3 Å². The van der Waals surface area contributed by atoms with Gasteiger partial charge in [-0.3, -0.25) is 9.69 Å². The summed E-state index contributed by atoms with van der Waals surface area (Å²) in [5.74, 6) is 0.274. The fraction of sp³-hybridized carbons (Fsp3) is 0.562. The van der Waals surface area contributed by atoms with Gasteiger partial charge in [0, 0.05) is 19.7 Å². The number of halogens is 1. The Morgan fingerprint density at radius 1 is 1.43 bits per heavy atom. The van der Waals surface area contributed by atoms with E-state index in [1.807, 2.05) is 0 Å². The van der Waals surface area contributed by atoms with Crippen molar-refractivity contribution in [3.8, 4) is 0 Å². The summed E-state index contributed by atoms with van der Waals surface area (Å²) >= 11 is 0. The molecule has 1 N–H and O–H groups in total. The largest absolute Gasteiger partial charge is 0.381 e. The Kier molecular flexibility index (Phi) is 6.14. The number of benzene rings is 1. The highest BCUT2D eigenvalue weighted by atomic mass is 19.1. The molecule has 21 heavy (non-hydrogen) atoms. The molecule has 116 valence electrons. The molecule has 1 amide bonds. The molecule has 1 aliphatic heterocycles. The molecule has 1 aliphatic rings. The Balaban J connectivity index is 1.72. The smallest absolute Gasteiger partial charge is 0.234 e. The van der Waals surface area contributed by atoms with Crippen molar-refractivity contribution in [1.29, 1.82) is 0 Å². The normalized spacial score (nSPS) is 18.1. The number of nitrogens with zero attached hydrogens (tertiary/aromatic N) is 1. The SMILES string of the molecule is CCN(CC(=O)NCc1ccc(F)cc1)C[C@@H]1CCOC1. The van der Waals surface area contributed by atoms with Crippen LogP contribution in [0.3, 0.4) is 0 Å². The van der Waals surface area contributed by atoms with Crippen LogP contribution in [0.1, 0.15) is 18.9 Å². The average Bonchev–Trinajstić information content (AvgIpc) is 2.99. The van der Waals surface area contributed by atoms with Gasteiger partial charge in [-0.15, -0.1) is 0 Å². The minimum Gasteiger partial charge on any atom is -0.381 e. The third-order valence-corrected chi connectivity index (χ3v) is 3.76. The number of amides is 1. The van der Waals surface area contributed by atoms with Crippen LogP contribution >= 0.6 is 0 Å². The second kappa shape index (κ2) is 8.10. The second-order valence-corrected chi connectivity index (χ2v) is 5.46. The van der Waals surface area contributed by atoms with Crippen LogP contribution in [0.5, 0.6) is 0 Å². The predicted molar refractivity (Wildman–Crippen MR) is 79.3 cm³/mol. The fourth-order valence-corrected chi connectivity index (χ4v) is 2.46. The first-order valence-corrected chi connectivity index (χ1v) is 7.48. The van der Waals surface area contributed by atoms with E-state index in [-0.39, 0.29) is 11.7 Å². The van der Waals surface area contributed by atoms with Crippen molar-refractivity contribution in [2.45, 2.75) is 19.9 Å². The molecule has 0 aromatic heterocycles. The second-order valence-electron chi connectivity index (χ2n) is 5.46. The lowest BCUT2D eigenvalue weighted by atomic mass is 10.1. The number of ether oxygens (including phenoxy) is 1. The standard InChI is InChI=1S/C16H23FN2O2/c1-2-19(10-14-7-8-21-12-14)11-16(20)18-9-13-3-5-15(17)6-4-13/h3-6,14H,2,7-12H2,1H3,(H,18,20)/t14-/m0/s1. The molecule has 1 aromatic carbocycles. The minimum absolute atomic E-state index is 0.0000836. The molecule has 0 unspecified atom stereocenters. The van der Waals surface area contributed by atoms with E-state index in [0.29, 0.717) is 19.0 Å². The van der Waals surface area contributed by atoms with Gasteiger partial charge in [0.05, 0.1) is 13.2 Å².